The standard InChI is InChI=1S/C15H13B5F3N7/c1-7-9(5-30(29-7)12(2,3)6-24)26-11-25-4-8(13(21,22)23)10(27-11)28-15(19,20)14(16,17)18/h4-5H,1-3H3,(H2,25,26,27,28). The molecule has 144 valence electrons. The van der Waals surface area contributed by atoms with Gasteiger partial charge in [-0.3, -0.25) is 4.68 Å². The fraction of sp³-hybridized carbons (Fsp3) is 0.467. The maximum Gasteiger partial charge on any atom is 0.421 e. The fourth-order valence-electron chi connectivity index (χ4n) is 2.09. The Bertz CT molecular complexity index is 976. The average Bonchev–Trinajstić information content (AvgIpc) is 2.94. The van der Waals surface area contributed by atoms with Gasteiger partial charge < -0.3 is 10.6 Å². The third-order valence-electron chi connectivity index (χ3n) is 4.13. The molecule has 0 saturated carbocycles. The van der Waals surface area contributed by atoms with E-state index in [0.29, 0.717) is 17.6 Å². The van der Waals surface area contributed by atoms with E-state index in [2.05, 4.69) is 31.8 Å². The van der Waals surface area contributed by atoms with Crippen molar-refractivity contribution in [2.24, 2.45) is 0 Å². The van der Waals surface area contributed by atoms with Gasteiger partial charge in [0.15, 0.2) is 0 Å². The van der Waals surface area contributed by atoms with Crippen LogP contribution in [0.3, 0.4) is 0 Å². The number of rotatable bonds is 6. The Labute approximate surface area is 178 Å². The highest BCUT2D eigenvalue weighted by Crippen LogP contribution is 2.36. The minimum absolute atomic E-state index is 0.240. The molecule has 0 spiro atoms. The Balaban J connectivity index is 2.46. The second-order valence-electron chi connectivity index (χ2n) is 7.25. The van der Waals surface area contributed by atoms with E-state index in [4.69, 9.17) is 39.2 Å². The number of hydrogen-bond acceptors (Lipinski definition) is 6. The Hall–Kier alpha value is -2.51. The number of aryl methyl sites for hydroxylation is 1. The van der Waals surface area contributed by atoms with E-state index in [1.807, 2.05) is 0 Å². The molecule has 0 aliphatic carbocycles. The van der Waals surface area contributed by atoms with Crippen molar-refractivity contribution in [3.8, 4) is 6.07 Å². The highest BCUT2D eigenvalue weighted by atomic mass is 19.4. The number of anilines is 3. The zero-order valence-electron chi connectivity index (χ0n) is 16.4. The third-order valence-corrected chi connectivity index (χ3v) is 4.13. The van der Waals surface area contributed by atoms with Crippen LogP contribution in [-0.2, 0) is 11.7 Å². The van der Waals surface area contributed by atoms with Gasteiger partial charge >= 0.3 is 6.18 Å². The first-order valence-electron chi connectivity index (χ1n) is 8.40. The summed E-state index contributed by atoms with van der Waals surface area (Å²) in [6.07, 6.45) is -2.82. The lowest BCUT2D eigenvalue weighted by molar-refractivity contribution is -0.137. The lowest BCUT2D eigenvalue weighted by atomic mass is 9.26. The predicted molar refractivity (Wildman–Crippen MR) is 110 cm³/mol. The SMILES string of the molecule is [B]C([B])([B])C([B])([B])Nc1nc(Nc2cn(C(C)(C)C#N)nc2C)ncc1C(F)(F)F. The zero-order chi connectivity index (χ0) is 23.1. The number of nitrogens with zero attached hydrogens (tertiary/aromatic N) is 5. The van der Waals surface area contributed by atoms with Gasteiger partial charge in [0.05, 0.1) is 62.9 Å². The van der Waals surface area contributed by atoms with E-state index in [-0.39, 0.29) is 5.95 Å². The van der Waals surface area contributed by atoms with E-state index >= 15 is 0 Å². The summed E-state index contributed by atoms with van der Waals surface area (Å²) in [5.41, 5.74) is -1.41. The molecule has 2 rings (SSSR count). The summed E-state index contributed by atoms with van der Waals surface area (Å²) in [4.78, 5) is 7.45. The molecule has 0 aromatic carbocycles. The van der Waals surface area contributed by atoms with Gasteiger partial charge in [-0.1, -0.05) is 5.34 Å². The van der Waals surface area contributed by atoms with Crippen LogP contribution >= 0.6 is 0 Å². The first kappa shape index (κ1) is 23.8. The summed E-state index contributed by atoms with van der Waals surface area (Å²) in [5.74, 6) is -1.03. The first-order valence-corrected chi connectivity index (χ1v) is 8.40. The molecular weight excluding hydrogens is 389 g/mol. The molecule has 0 bridgehead atoms. The predicted octanol–water partition coefficient (Wildman–Crippen LogP) is 0.985. The van der Waals surface area contributed by atoms with Crippen molar-refractivity contribution in [3.63, 3.8) is 0 Å². The van der Waals surface area contributed by atoms with Gasteiger partial charge in [0.2, 0.25) is 5.95 Å². The van der Waals surface area contributed by atoms with Crippen molar-refractivity contribution in [2.75, 3.05) is 10.6 Å². The van der Waals surface area contributed by atoms with Crippen molar-refractivity contribution in [3.05, 3.63) is 23.7 Å². The topological polar surface area (TPSA) is 91.5 Å². The minimum atomic E-state index is -4.84. The first-order chi connectivity index (χ1) is 13.5. The number of aromatic nitrogens is 4. The quantitative estimate of drug-likeness (QED) is 0.701. The summed E-state index contributed by atoms with van der Waals surface area (Å²) < 4.78 is 41.5. The van der Waals surface area contributed by atoms with E-state index in [1.165, 1.54) is 10.9 Å². The molecule has 0 amide bonds. The molecule has 0 aliphatic heterocycles. The van der Waals surface area contributed by atoms with Crippen LogP contribution in [-0.4, -0.2) is 64.3 Å². The summed E-state index contributed by atoms with van der Waals surface area (Å²) in [7, 11) is 27.5. The van der Waals surface area contributed by atoms with Crippen LogP contribution in [0.25, 0.3) is 0 Å². The molecule has 0 fully saturated rings. The smallest absolute Gasteiger partial charge is 0.383 e. The number of hydrogen-bond donors (Lipinski definition) is 2. The van der Waals surface area contributed by atoms with Gasteiger partial charge in [-0.15, -0.1) is 5.11 Å². The lowest BCUT2D eigenvalue weighted by Gasteiger charge is -2.43. The van der Waals surface area contributed by atoms with Gasteiger partial charge in [-0.25, -0.2) is 4.98 Å². The molecule has 10 radical (unpaired) electrons. The largest absolute Gasteiger partial charge is 0.421 e. The molecule has 2 aromatic heterocycles. The molecule has 2 aromatic rings. The second kappa shape index (κ2) is 7.63. The number of nitrogens with one attached hydrogen (secondary N) is 2. The van der Waals surface area contributed by atoms with Gasteiger partial charge in [0, 0.05) is 6.20 Å². The van der Waals surface area contributed by atoms with Crippen LogP contribution in [0.5, 0.6) is 0 Å². The number of halogens is 3. The Morgan fingerprint density at radius 3 is 2.23 bits per heavy atom. The van der Waals surface area contributed by atoms with Crippen molar-refractivity contribution in [1.82, 2.24) is 19.7 Å². The molecule has 30 heavy (non-hydrogen) atoms. The van der Waals surface area contributed by atoms with Crippen molar-refractivity contribution in [2.45, 2.75) is 42.9 Å². The molecule has 0 aliphatic rings. The molecule has 15 heteroatoms. The molecule has 0 unspecified atom stereocenters. The summed E-state index contributed by atoms with van der Waals surface area (Å²) in [6, 6.07) is 2.08. The van der Waals surface area contributed by atoms with Crippen LogP contribution in [0.4, 0.5) is 30.6 Å². The molecular formula is C15H13B5F3N7. The van der Waals surface area contributed by atoms with E-state index < -0.39 is 33.5 Å². The van der Waals surface area contributed by atoms with Crippen molar-refractivity contribution < 1.29 is 13.2 Å². The van der Waals surface area contributed by atoms with Crippen LogP contribution in [0.1, 0.15) is 25.1 Å². The number of nitriles is 1. The van der Waals surface area contributed by atoms with Crippen molar-refractivity contribution >= 4 is 56.7 Å². The third kappa shape index (κ3) is 4.97. The highest BCUT2D eigenvalue weighted by molar-refractivity contribution is 6.67. The van der Waals surface area contributed by atoms with Crippen LogP contribution < -0.4 is 10.6 Å². The molecule has 7 nitrogen and oxygen atoms in total. The van der Waals surface area contributed by atoms with Crippen LogP contribution in [0.2, 0.25) is 5.11 Å². The van der Waals surface area contributed by atoms with Crippen LogP contribution in [0, 0.1) is 18.3 Å². The van der Waals surface area contributed by atoms with Gasteiger partial charge in [-0.05, 0) is 20.8 Å². The van der Waals surface area contributed by atoms with Crippen molar-refractivity contribution in [1.29, 1.82) is 5.26 Å². The van der Waals surface area contributed by atoms with Gasteiger partial charge in [-0.2, -0.15) is 28.5 Å². The van der Waals surface area contributed by atoms with Gasteiger partial charge in [0.1, 0.15) is 16.9 Å². The molecule has 0 saturated heterocycles. The van der Waals surface area contributed by atoms with E-state index in [1.54, 1.807) is 20.8 Å². The molecule has 0 atom stereocenters. The fourth-order valence-corrected chi connectivity index (χ4v) is 2.09. The summed E-state index contributed by atoms with van der Waals surface area (Å²) in [5, 5.41) is 13.7. The normalized spacial score (nSPS) is 13.0. The van der Waals surface area contributed by atoms with Crippen LogP contribution in [0.15, 0.2) is 12.4 Å². The Morgan fingerprint density at radius 1 is 1.13 bits per heavy atom. The maximum absolute atomic E-state index is 13.4. The summed E-state index contributed by atoms with van der Waals surface area (Å²) >= 11 is 0. The second-order valence-corrected chi connectivity index (χ2v) is 7.25. The Kier molecular flexibility index (Phi) is 6.05. The molecule has 2 heterocycles. The Morgan fingerprint density at radius 2 is 1.73 bits per heavy atom. The maximum atomic E-state index is 13.4. The van der Waals surface area contributed by atoms with Gasteiger partial charge in [0.25, 0.3) is 0 Å². The zero-order valence-corrected chi connectivity index (χ0v) is 16.4. The minimum Gasteiger partial charge on any atom is -0.383 e. The lowest BCUT2D eigenvalue weighted by Crippen LogP contribution is -2.52. The average molecular weight is 402 g/mol. The number of alkyl halides is 3. The highest BCUT2D eigenvalue weighted by Gasteiger charge is 2.38. The summed E-state index contributed by atoms with van der Waals surface area (Å²) in [6.45, 7) is 4.91. The van der Waals surface area contributed by atoms with E-state index in [0.717, 1.165) is 0 Å². The monoisotopic (exact) mass is 403 g/mol. The van der Waals surface area contributed by atoms with E-state index in [9.17, 15) is 18.4 Å². The molecule has 2 N–H and O–H groups in total.